The van der Waals surface area contributed by atoms with Crippen molar-refractivity contribution in [3.05, 3.63) is 60.2 Å². The van der Waals surface area contributed by atoms with E-state index >= 15 is 0 Å². The second-order valence-corrected chi connectivity index (χ2v) is 4.55. The second kappa shape index (κ2) is 6.92. The Morgan fingerprint density at radius 1 is 1.00 bits per heavy atom. The summed E-state index contributed by atoms with van der Waals surface area (Å²) in [7, 11) is 0. The predicted octanol–water partition coefficient (Wildman–Crippen LogP) is 3.34. The molecular weight excluding hydrogens is 238 g/mol. The molecule has 0 amide bonds. The van der Waals surface area contributed by atoms with Crippen LogP contribution in [0.25, 0.3) is 0 Å². The standard InChI is InChI=1S/C16H19NO2/c1-13(17)11-18-12-14-6-5-9-16(10-14)19-15-7-3-2-4-8-15/h2-10,13H,11-12,17H2,1H3. The Balaban J connectivity index is 1.95. The normalized spacial score (nSPS) is 12.1. The van der Waals surface area contributed by atoms with Crippen molar-refractivity contribution in [2.24, 2.45) is 5.73 Å². The monoisotopic (exact) mass is 257 g/mol. The molecule has 0 saturated heterocycles. The van der Waals surface area contributed by atoms with Gasteiger partial charge in [-0.2, -0.15) is 0 Å². The van der Waals surface area contributed by atoms with Crippen LogP contribution in [0, 0.1) is 0 Å². The highest BCUT2D eigenvalue weighted by molar-refractivity contribution is 5.33. The first kappa shape index (κ1) is 13.6. The molecule has 3 heteroatoms. The van der Waals surface area contributed by atoms with E-state index in [1.807, 2.05) is 61.5 Å². The summed E-state index contributed by atoms with van der Waals surface area (Å²) in [6, 6.07) is 17.7. The maximum Gasteiger partial charge on any atom is 0.127 e. The summed E-state index contributed by atoms with van der Waals surface area (Å²) in [5, 5.41) is 0. The predicted molar refractivity (Wildman–Crippen MR) is 76.3 cm³/mol. The highest BCUT2D eigenvalue weighted by Crippen LogP contribution is 2.22. The van der Waals surface area contributed by atoms with Gasteiger partial charge < -0.3 is 15.2 Å². The number of ether oxygens (including phenoxy) is 2. The third-order valence-corrected chi connectivity index (χ3v) is 2.53. The Labute approximate surface area is 114 Å². The quantitative estimate of drug-likeness (QED) is 0.863. The van der Waals surface area contributed by atoms with E-state index in [1.54, 1.807) is 0 Å². The number of rotatable bonds is 6. The lowest BCUT2D eigenvalue weighted by atomic mass is 10.2. The van der Waals surface area contributed by atoms with Gasteiger partial charge in [0.15, 0.2) is 0 Å². The Hall–Kier alpha value is -1.84. The van der Waals surface area contributed by atoms with Crippen LogP contribution in [0.1, 0.15) is 12.5 Å². The van der Waals surface area contributed by atoms with E-state index in [9.17, 15) is 0 Å². The van der Waals surface area contributed by atoms with Crippen molar-refractivity contribution in [2.45, 2.75) is 19.6 Å². The largest absolute Gasteiger partial charge is 0.457 e. The molecule has 2 aromatic rings. The van der Waals surface area contributed by atoms with Crippen LogP contribution >= 0.6 is 0 Å². The SMILES string of the molecule is CC(N)COCc1cccc(Oc2ccccc2)c1. The zero-order valence-electron chi connectivity index (χ0n) is 11.1. The molecule has 100 valence electrons. The molecule has 2 N–H and O–H groups in total. The van der Waals surface area contributed by atoms with Gasteiger partial charge in [0.25, 0.3) is 0 Å². The van der Waals surface area contributed by atoms with E-state index in [1.165, 1.54) is 0 Å². The van der Waals surface area contributed by atoms with Crippen molar-refractivity contribution in [3.8, 4) is 11.5 Å². The molecule has 1 unspecified atom stereocenters. The highest BCUT2D eigenvalue weighted by atomic mass is 16.5. The summed E-state index contributed by atoms with van der Waals surface area (Å²) in [6.45, 7) is 3.03. The lowest BCUT2D eigenvalue weighted by molar-refractivity contribution is 0.111. The van der Waals surface area contributed by atoms with Gasteiger partial charge in [0, 0.05) is 6.04 Å². The molecule has 0 radical (unpaired) electrons. The van der Waals surface area contributed by atoms with Crippen molar-refractivity contribution >= 4 is 0 Å². The fourth-order valence-corrected chi connectivity index (χ4v) is 1.69. The average Bonchev–Trinajstić information content (AvgIpc) is 2.40. The molecule has 0 saturated carbocycles. The summed E-state index contributed by atoms with van der Waals surface area (Å²) >= 11 is 0. The van der Waals surface area contributed by atoms with Crippen molar-refractivity contribution in [1.29, 1.82) is 0 Å². The van der Waals surface area contributed by atoms with Gasteiger partial charge in [-0.05, 0) is 36.8 Å². The van der Waals surface area contributed by atoms with E-state index in [-0.39, 0.29) is 6.04 Å². The molecule has 1 atom stereocenters. The molecule has 0 aromatic heterocycles. The summed E-state index contributed by atoms with van der Waals surface area (Å²) in [5.74, 6) is 1.64. The van der Waals surface area contributed by atoms with Gasteiger partial charge in [-0.1, -0.05) is 30.3 Å². The van der Waals surface area contributed by atoms with Gasteiger partial charge in [0.1, 0.15) is 11.5 Å². The summed E-state index contributed by atoms with van der Waals surface area (Å²) in [4.78, 5) is 0. The zero-order chi connectivity index (χ0) is 13.5. The van der Waals surface area contributed by atoms with Gasteiger partial charge in [-0.25, -0.2) is 0 Å². The Morgan fingerprint density at radius 3 is 2.47 bits per heavy atom. The zero-order valence-corrected chi connectivity index (χ0v) is 11.1. The van der Waals surface area contributed by atoms with E-state index in [0.717, 1.165) is 17.1 Å². The van der Waals surface area contributed by atoms with E-state index in [0.29, 0.717) is 13.2 Å². The average molecular weight is 257 g/mol. The first-order valence-corrected chi connectivity index (χ1v) is 6.39. The minimum Gasteiger partial charge on any atom is -0.457 e. The highest BCUT2D eigenvalue weighted by Gasteiger charge is 2.00. The van der Waals surface area contributed by atoms with Crippen molar-refractivity contribution in [2.75, 3.05) is 6.61 Å². The fraction of sp³-hybridized carbons (Fsp3) is 0.250. The number of benzene rings is 2. The van der Waals surface area contributed by atoms with Gasteiger partial charge in [-0.3, -0.25) is 0 Å². The molecule has 2 rings (SSSR count). The van der Waals surface area contributed by atoms with Crippen molar-refractivity contribution in [1.82, 2.24) is 0 Å². The van der Waals surface area contributed by atoms with E-state index in [4.69, 9.17) is 15.2 Å². The second-order valence-electron chi connectivity index (χ2n) is 4.55. The number of para-hydroxylation sites is 1. The fourth-order valence-electron chi connectivity index (χ4n) is 1.69. The van der Waals surface area contributed by atoms with E-state index < -0.39 is 0 Å². The van der Waals surface area contributed by atoms with Gasteiger partial charge in [0.2, 0.25) is 0 Å². The van der Waals surface area contributed by atoms with Crippen LogP contribution in [0.3, 0.4) is 0 Å². The molecule has 19 heavy (non-hydrogen) atoms. The van der Waals surface area contributed by atoms with Gasteiger partial charge in [0.05, 0.1) is 13.2 Å². The van der Waals surface area contributed by atoms with Gasteiger partial charge >= 0.3 is 0 Å². The maximum absolute atomic E-state index is 5.77. The summed E-state index contributed by atoms with van der Waals surface area (Å²) in [5.41, 5.74) is 6.72. The Morgan fingerprint density at radius 2 is 1.74 bits per heavy atom. The first-order chi connectivity index (χ1) is 9.24. The minimum atomic E-state index is 0.0590. The molecule has 3 nitrogen and oxygen atoms in total. The third kappa shape index (κ3) is 4.73. The van der Waals surface area contributed by atoms with Gasteiger partial charge in [-0.15, -0.1) is 0 Å². The molecule has 0 fully saturated rings. The molecule has 0 aliphatic carbocycles. The number of nitrogens with two attached hydrogens (primary N) is 1. The molecular formula is C16H19NO2. The summed E-state index contributed by atoms with van der Waals surface area (Å²) in [6.07, 6.45) is 0. The Kier molecular flexibility index (Phi) is 4.95. The third-order valence-electron chi connectivity index (χ3n) is 2.53. The molecule has 0 bridgehead atoms. The Bertz CT molecular complexity index is 497. The van der Waals surface area contributed by atoms with Crippen LogP contribution in [0.4, 0.5) is 0 Å². The van der Waals surface area contributed by atoms with Crippen LogP contribution in [0.2, 0.25) is 0 Å². The minimum absolute atomic E-state index is 0.0590. The maximum atomic E-state index is 5.77. The first-order valence-electron chi connectivity index (χ1n) is 6.39. The topological polar surface area (TPSA) is 44.5 Å². The molecule has 2 aromatic carbocycles. The smallest absolute Gasteiger partial charge is 0.127 e. The summed E-state index contributed by atoms with van der Waals surface area (Å²) < 4.78 is 11.3. The number of hydrogen-bond acceptors (Lipinski definition) is 3. The molecule has 0 spiro atoms. The lowest BCUT2D eigenvalue weighted by Crippen LogP contribution is -2.21. The molecule has 0 heterocycles. The molecule has 0 aliphatic heterocycles. The van der Waals surface area contributed by atoms with Crippen LogP contribution in [-0.2, 0) is 11.3 Å². The van der Waals surface area contributed by atoms with Crippen LogP contribution < -0.4 is 10.5 Å². The van der Waals surface area contributed by atoms with Crippen molar-refractivity contribution in [3.63, 3.8) is 0 Å². The van der Waals surface area contributed by atoms with Crippen LogP contribution in [0.15, 0.2) is 54.6 Å². The lowest BCUT2D eigenvalue weighted by Gasteiger charge is -2.09. The molecule has 0 aliphatic rings. The van der Waals surface area contributed by atoms with Crippen LogP contribution in [0.5, 0.6) is 11.5 Å². The van der Waals surface area contributed by atoms with Crippen molar-refractivity contribution < 1.29 is 9.47 Å². The number of hydrogen-bond donors (Lipinski definition) is 1. The van der Waals surface area contributed by atoms with E-state index in [2.05, 4.69) is 0 Å². The van der Waals surface area contributed by atoms with Crippen LogP contribution in [-0.4, -0.2) is 12.6 Å².